The standard InChI is InChI=1S/C17H15F2IN2O6S/c18-17(19,29(25,26)27)10-21-15(23)12-6-7-14(13(20)8-12)22-16(24)28-9-11-4-2-1-3-5-11/h1-8H,9-10H2,(H,21,23)(H,22,24)(H,25,26,27). The maximum absolute atomic E-state index is 13.2. The van der Waals surface area contributed by atoms with Crippen LogP contribution in [0, 0.1) is 3.57 Å². The van der Waals surface area contributed by atoms with Crippen LogP contribution in [0.2, 0.25) is 0 Å². The zero-order chi connectivity index (χ0) is 21.7. The molecule has 12 heteroatoms. The number of amides is 2. The average Bonchev–Trinajstić information content (AvgIpc) is 2.66. The summed E-state index contributed by atoms with van der Waals surface area (Å²) in [7, 11) is -5.65. The molecule has 3 N–H and O–H groups in total. The van der Waals surface area contributed by atoms with E-state index in [2.05, 4.69) is 5.32 Å². The first-order valence-corrected chi connectivity index (χ1v) is 10.4. The highest BCUT2D eigenvalue weighted by Gasteiger charge is 2.44. The van der Waals surface area contributed by atoms with Gasteiger partial charge in [0.1, 0.15) is 6.61 Å². The molecule has 2 rings (SSSR count). The van der Waals surface area contributed by atoms with Gasteiger partial charge in [0, 0.05) is 9.13 Å². The van der Waals surface area contributed by atoms with E-state index < -0.39 is 33.9 Å². The van der Waals surface area contributed by atoms with Gasteiger partial charge < -0.3 is 10.1 Å². The van der Waals surface area contributed by atoms with E-state index in [1.807, 2.05) is 28.7 Å². The molecule has 2 aromatic carbocycles. The van der Waals surface area contributed by atoms with Gasteiger partial charge in [-0.2, -0.15) is 17.2 Å². The maximum atomic E-state index is 13.2. The van der Waals surface area contributed by atoms with Crippen molar-refractivity contribution >= 4 is 50.4 Å². The van der Waals surface area contributed by atoms with Gasteiger partial charge in [-0.1, -0.05) is 30.3 Å². The second-order valence-corrected chi connectivity index (χ2v) is 8.39. The van der Waals surface area contributed by atoms with Gasteiger partial charge in [0.25, 0.3) is 5.91 Å². The molecular formula is C17H15F2IN2O6S. The SMILES string of the molecule is O=C(Nc1ccc(C(=O)NCC(F)(F)S(=O)(=O)O)cc1I)OCc1ccccc1. The highest BCUT2D eigenvalue weighted by Crippen LogP contribution is 2.22. The van der Waals surface area contributed by atoms with Gasteiger partial charge in [0.05, 0.1) is 12.2 Å². The van der Waals surface area contributed by atoms with Crippen LogP contribution in [0.4, 0.5) is 19.3 Å². The predicted octanol–water partition coefficient (Wildman–Crippen LogP) is 3.25. The van der Waals surface area contributed by atoms with Gasteiger partial charge in [-0.3, -0.25) is 14.7 Å². The van der Waals surface area contributed by atoms with Crippen LogP contribution in [0.15, 0.2) is 48.5 Å². The Bertz CT molecular complexity index is 1000. The fourth-order valence-corrected chi connectivity index (χ4v) is 2.91. The molecule has 0 bridgehead atoms. The molecule has 0 fully saturated rings. The number of carbonyl (C=O) groups excluding carboxylic acids is 2. The topological polar surface area (TPSA) is 122 Å². The Morgan fingerprint density at radius 2 is 1.79 bits per heavy atom. The molecule has 0 aromatic heterocycles. The minimum Gasteiger partial charge on any atom is -0.444 e. The molecule has 0 atom stereocenters. The molecule has 0 spiro atoms. The molecule has 0 aliphatic carbocycles. The fourth-order valence-electron chi connectivity index (χ4n) is 2.00. The number of anilines is 1. The number of ether oxygens (including phenoxy) is 1. The molecule has 29 heavy (non-hydrogen) atoms. The number of rotatable bonds is 7. The van der Waals surface area contributed by atoms with E-state index in [-0.39, 0.29) is 12.2 Å². The highest BCUT2D eigenvalue weighted by atomic mass is 127. The number of carbonyl (C=O) groups is 2. The van der Waals surface area contributed by atoms with Crippen molar-refractivity contribution < 1.29 is 36.1 Å². The van der Waals surface area contributed by atoms with Crippen LogP contribution in [0.1, 0.15) is 15.9 Å². The molecule has 2 amide bonds. The second kappa shape index (κ2) is 9.45. The minimum absolute atomic E-state index is 0.0521. The third kappa shape index (κ3) is 6.61. The molecule has 0 saturated heterocycles. The first-order chi connectivity index (χ1) is 13.5. The van der Waals surface area contributed by atoms with Crippen molar-refractivity contribution in [1.29, 1.82) is 0 Å². The van der Waals surface area contributed by atoms with Gasteiger partial charge in [0.15, 0.2) is 0 Å². The van der Waals surface area contributed by atoms with E-state index in [0.717, 1.165) is 5.56 Å². The molecule has 8 nitrogen and oxygen atoms in total. The lowest BCUT2D eigenvalue weighted by molar-refractivity contribution is 0.0699. The molecule has 0 aliphatic rings. The number of hydrogen-bond acceptors (Lipinski definition) is 5. The van der Waals surface area contributed by atoms with Crippen molar-refractivity contribution in [1.82, 2.24) is 5.32 Å². The minimum atomic E-state index is -5.65. The Hall–Kier alpha value is -2.32. The third-order valence-electron chi connectivity index (χ3n) is 3.51. The highest BCUT2D eigenvalue weighted by molar-refractivity contribution is 14.1. The van der Waals surface area contributed by atoms with Crippen molar-refractivity contribution in [3.8, 4) is 0 Å². The number of benzene rings is 2. The van der Waals surface area contributed by atoms with Crippen LogP contribution < -0.4 is 10.6 Å². The molecule has 156 valence electrons. The van der Waals surface area contributed by atoms with Gasteiger partial charge in [-0.25, -0.2) is 4.79 Å². The van der Waals surface area contributed by atoms with Crippen LogP contribution in [0.3, 0.4) is 0 Å². The van der Waals surface area contributed by atoms with Crippen LogP contribution in [0.25, 0.3) is 0 Å². The predicted molar refractivity (Wildman–Crippen MR) is 108 cm³/mol. The molecular weight excluding hydrogens is 525 g/mol. The molecule has 2 aromatic rings. The second-order valence-electron chi connectivity index (χ2n) is 5.68. The summed E-state index contributed by atoms with van der Waals surface area (Å²) >= 11 is 1.82. The van der Waals surface area contributed by atoms with E-state index in [1.165, 1.54) is 18.2 Å². The Kier molecular flexibility index (Phi) is 7.48. The molecule has 0 unspecified atom stereocenters. The van der Waals surface area contributed by atoms with Crippen LogP contribution in [-0.4, -0.2) is 36.8 Å². The van der Waals surface area contributed by atoms with Crippen LogP contribution in [-0.2, 0) is 21.5 Å². The Morgan fingerprint density at radius 1 is 1.14 bits per heavy atom. The summed E-state index contributed by atoms with van der Waals surface area (Å²) < 4.78 is 61.4. The van der Waals surface area contributed by atoms with Crippen molar-refractivity contribution in [3.63, 3.8) is 0 Å². The van der Waals surface area contributed by atoms with Gasteiger partial charge in [-0.15, -0.1) is 0 Å². The van der Waals surface area contributed by atoms with E-state index >= 15 is 0 Å². The summed E-state index contributed by atoms with van der Waals surface area (Å²) in [6.07, 6.45) is -0.725. The third-order valence-corrected chi connectivity index (χ3v) is 5.30. The summed E-state index contributed by atoms with van der Waals surface area (Å²) in [5.41, 5.74) is 1.07. The Balaban J connectivity index is 1.95. The summed E-state index contributed by atoms with van der Waals surface area (Å²) in [6.45, 7) is -1.53. The number of hydrogen-bond donors (Lipinski definition) is 3. The normalized spacial score (nSPS) is 11.6. The number of alkyl halides is 2. The Morgan fingerprint density at radius 3 is 2.38 bits per heavy atom. The van der Waals surface area contributed by atoms with E-state index in [9.17, 15) is 26.8 Å². The van der Waals surface area contributed by atoms with Crippen LogP contribution in [0.5, 0.6) is 0 Å². The first-order valence-electron chi connectivity index (χ1n) is 7.90. The van der Waals surface area contributed by atoms with E-state index in [0.29, 0.717) is 9.26 Å². The Labute approximate surface area is 178 Å². The van der Waals surface area contributed by atoms with Gasteiger partial charge in [-0.05, 0) is 46.4 Å². The van der Waals surface area contributed by atoms with Crippen molar-refractivity contribution in [2.24, 2.45) is 0 Å². The maximum Gasteiger partial charge on any atom is 0.411 e. The molecule has 0 aliphatic heterocycles. The lowest BCUT2D eigenvalue weighted by atomic mass is 10.2. The van der Waals surface area contributed by atoms with Crippen molar-refractivity contribution in [2.45, 2.75) is 11.9 Å². The monoisotopic (exact) mass is 540 g/mol. The smallest absolute Gasteiger partial charge is 0.411 e. The first kappa shape index (κ1) is 23.0. The van der Waals surface area contributed by atoms with E-state index in [1.54, 1.807) is 29.6 Å². The lowest BCUT2D eigenvalue weighted by Gasteiger charge is -2.14. The number of halogens is 3. The zero-order valence-electron chi connectivity index (χ0n) is 14.6. The van der Waals surface area contributed by atoms with Crippen molar-refractivity contribution in [2.75, 3.05) is 11.9 Å². The largest absolute Gasteiger partial charge is 0.444 e. The summed E-state index contributed by atoms with van der Waals surface area (Å²) in [6, 6.07) is 12.9. The van der Waals surface area contributed by atoms with Gasteiger partial charge in [0.2, 0.25) is 0 Å². The zero-order valence-corrected chi connectivity index (χ0v) is 17.5. The molecule has 0 radical (unpaired) electrons. The van der Waals surface area contributed by atoms with Crippen LogP contribution >= 0.6 is 22.6 Å². The molecule has 0 saturated carbocycles. The van der Waals surface area contributed by atoms with E-state index in [4.69, 9.17) is 9.29 Å². The summed E-state index contributed by atoms with van der Waals surface area (Å²) in [5.74, 6) is -0.982. The fraction of sp³-hybridized carbons (Fsp3) is 0.176. The summed E-state index contributed by atoms with van der Waals surface area (Å²) in [4.78, 5) is 23.8. The number of nitrogens with one attached hydrogen (secondary N) is 2. The quantitative estimate of drug-likeness (QED) is 0.366. The van der Waals surface area contributed by atoms with Crippen molar-refractivity contribution in [3.05, 3.63) is 63.2 Å². The lowest BCUT2D eigenvalue weighted by Crippen LogP contribution is -2.41. The van der Waals surface area contributed by atoms with Gasteiger partial charge >= 0.3 is 21.5 Å². The molecule has 0 heterocycles. The summed E-state index contributed by atoms with van der Waals surface area (Å²) in [5, 5.41) is -0.296. The average molecular weight is 540 g/mol.